The summed E-state index contributed by atoms with van der Waals surface area (Å²) >= 11 is 0. The third kappa shape index (κ3) is 3.80. The predicted octanol–water partition coefficient (Wildman–Crippen LogP) is 2.36. The van der Waals surface area contributed by atoms with E-state index in [9.17, 15) is 5.11 Å². The largest absolute Gasteiger partial charge is 0.396 e. The fourth-order valence-corrected chi connectivity index (χ4v) is 3.54. The van der Waals surface area contributed by atoms with E-state index >= 15 is 0 Å². The van der Waals surface area contributed by atoms with Crippen LogP contribution in [0.5, 0.6) is 0 Å². The predicted molar refractivity (Wildman–Crippen MR) is 78.1 cm³/mol. The number of hydrogen-bond donors (Lipinski definition) is 2. The van der Waals surface area contributed by atoms with Gasteiger partial charge in [0, 0.05) is 31.7 Å². The number of hydrogen-bond acceptors (Lipinski definition) is 3. The van der Waals surface area contributed by atoms with E-state index in [1.165, 1.54) is 12.8 Å². The van der Waals surface area contributed by atoms with Crippen molar-refractivity contribution in [2.75, 3.05) is 32.9 Å². The molecule has 2 aliphatic rings. The van der Waals surface area contributed by atoms with Gasteiger partial charge < -0.3 is 15.2 Å². The molecule has 2 rings (SSSR count). The summed E-state index contributed by atoms with van der Waals surface area (Å²) in [5.41, 5.74) is 1.72. The van der Waals surface area contributed by atoms with E-state index in [0.717, 1.165) is 45.1 Å². The first-order chi connectivity index (χ1) is 9.17. The molecule has 0 aromatic rings. The monoisotopic (exact) mass is 267 g/mol. The maximum absolute atomic E-state index is 9.23. The molecule has 3 nitrogen and oxygen atoms in total. The number of allylic oxidation sites excluding steroid dienone is 1. The highest BCUT2D eigenvalue weighted by atomic mass is 16.5. The van der Waals surface area contributed by atoms with Crippen LogP contribution in [0.1, 0.15) is 39.5 Å². The first-order valence-corrected chi connectivity index (χ1v) is 7.73. The third-order valence-electron chi connectivity index (χ3n) is 5.05. The molecule has 3 heteroatoms. The normalized spacial score (nSPS) is 35.4. The number of ether oxygens (including phenoxy) is 1. The van der Waals surface area contributed by atoms with Gasteiger partial charge >= 0.3 is 0 Å². The highest BCUT2D eigenvalue weighted by molar-refractivity contribution is 5.09. The van der Waals surface area contributed by atoms with Crippen LogP contribution in [-0.2, 0) is 4.74 Å². The number of nitrogens with one attached hydrogen (secondary N) is 1. The van der Waals surface area contributed by atoms with Crippen LogP contribution >= 0.6 is 0 Å². The molecule has 0 aromatic heterocycles. The van der Waals surface area contributed by atoms with Gasteiger partial charge in [-0.3, -0.25) is 0 Å². The van der Waals surface area contributed by atoms with Gasteiger partial charge in [0.25, 0.3) is 0 Å². The average Bonchev–Trinajstić information content (AvgIpc) is 2.82. The fraction of sp³-hybridized carbons (Fsp3) is 0.875. The Balaban J connectivity index is 1.81. The first-order valence-electron chi connectivity index (χ1n) is 7.73. The van der Waals surface area contributed by atoms with Gasteiger partial charge in [0.05, 0.1) is 6.61 Å². The number of aliphatic hydroxyl groups excluding tert-OH is 1. The Labute approximate surface area is 117 Å². The van der Waals surface area contributed by atoms with Crippen LogP contribution in [0.2, 0.25) is 0 Å². The quantitative estimate of drug-likeness (QED) is 0.726. The lowest BCUT2D eigenvalue weighted by atomic mass is 9.79. The molecule has 0 bridgehead atoms. The summed E-state index contributed by atoms with van der Waals surface area (Å²) in [5.74, 6) is 1.47. The highest BCUT2D eigenvalue weighted by Crippen LogP contribution is 2.33. The van der Waals surface area contributed by atoms with Crippen molar-refractivity contribution in [1.29, 1.82) is 0 Å². The maximum Gasteiger partial charge on any atom is 0.0536 e. The lowest BCUT2D eigenvalue weighted by Gasteiger charge is -2.32. The van der Waals surface area contributed by atoms with E-state index in [0.29, 0.717) is 5.92 Å². The SMILES string of the molecule is CC1=CCC[C@H](C)[C@@H]1CNC[C@]1(CCO)CCOC1. The van der Waals surface area contributed by atoms with Crippen LogP contribution in [-0.4, -0.2) is 38.0 Å². The first kappa shape index (κ1) is 15.0. The van der Waals surface area contributed by atoms with Crippen LogP contribution in [0, 0.1) is 17.3 Å². The van der Waals surface area contributed by atoms with Crippen molar-refractivity contribution < 1.29 is 9.84 Å². The van der Waals surface area contributed by atoms with Crippen LogP contribution in [0.15, 0.2) is 11.6 Å². The van der Waals surface area contributed by atoms with Crippen LogP contribution in [0.3, 0.4) is 0 Å². The van der Waals surface area contributed by atoms with Crippen molar-refractivity contribution in [2.45, 2.75) is 39.5 Å². The summed E-state index contributed by atoms with van der Waals surface area (Å²) in [5, 5.41) is 12.9. The van der Waals surface area contributed by atoms with Gasteiger partial charge in [0.2, 0.25) is 0 Å². The van der Waals surface area contributed by atoms with Crippen molar-refractivity contribution in [3.63, 3.8) is 0 Å². The zero-order valence-corrected chi connectivity index (χ0v) is 12.5. The van der Waals surface area contributed by atoms with Crippen molar-refractivity contribution in [2.24, 2.45) is 17.3 Å². The highest BCUT2D eigenvalue weighted by Gasteiger charge is 2.34. The number of rotatable bonds is 6. The molecule has 1 aliphatic carbocycles. The van der Waals surface area contributed by atoms with E-state index in [4.69, 9.17) is 4.74 Å². The second-order valence-electron chi connectivity index (χ2n) is 6.52. The van der Waals surface area contributed by atoms with Gasteiger partial charge in [-0.05, 0) is 44.4 Å². The standard InChI is InChI=1S/C16H29NO2/c1-13-4-3-5-14(2)15(13)10-17-11-16(6-8-18)7-9-19-12-16/h4,14-15,17-18H,3,5-12H2,1-2H3/t14-,15+,16-/m0/s1. The Bertz CT molecular complexity index is 308. The molecular weight excluding hydrogens is 238 g/mol. The summed E-state index contributed by atoms with van der Waals surface area (Å²) in [7, 11) is 0. The molecule has 0 aromatic carbocycles. The molecule has 0 saturated carbocycles. The minimum Gasteiger partial charge on any atom is -0.396 e. The topological polar surface area (TPSA) is 41.5 Å². The molecule has 0 unspecified atom stereocenters. The van der Waals surface area contributed by atoms with Gasteiger partial charge in [-0.2, -0.15) is 0 Å². The molecule has 1 aliphatic heterocycles. The molecule has 110 valence electrons. The van der Waals surface area contributed by atoms with Gasteiger partial charge in [0.1, 0.15) is 0 Å². The molecule has 0 radical (unpaired) electrons. The van der Waals surface area contributed by atoms with E-state index < -0.39 is 0 Å². The van der Waals surface area contributed by atoms with E-state index in [-0.39, 0.29) is 12.0 Å². The Hall–Kier alpha value is -0.380. The Kier molecular flexibility index (Phi) is 5.43. The van der Waals surface area contributed by atoms with Crippen LogP contribution < -0.4 is 5.32 Å². The molecule has 2 N–H and O–H groups in total. The van der Waals surface area contributed by atoms with Crippen molar-refractivity contribution in [1.82, 2.24) is 5.32 Å². The molecular formula is C16H29NO2. The summed E-state index contributed by atoms with van der Waals surface area (Å²) in [4.78, 5) is 0. The van der Waals surface area contributed by atoms with E-state index in [1.54, 1.807) is 5.57 Å². The summed E-state index contributed by atoms with van der Waals surface area (Å²) in [6.45, 7) is 8.59. The molecule has 3 atom stereocenters. The maximum atomic E-state index is 9.23. The second kappa shape index (κ2) is 6.87. The average molecular weight is 267 g/mol. The summed E-state index contributed by atoms with van der Waals surface area (Å²) in [6.07, 6.45) is 6.89. The van der Waals surface area contributed by atoms with E-state index in [1.807, 2.05) is 0 Å². The smallest absolute Gasteiger partial charge is 0.0536 e. The molecule has 1 saturated heterocycles. The van der Waals surface area contributed by atoms with Crippen LogP contribution in [0.4, 0.5) is 0 Å². The Morgan fingerprint density at radius 3 is 3.00 bits per heavy atom. The van der Waals surface area contributed by atoms with Gasteiger partial charge in [-0.15, -0.1) is 0 Å². The van der Waals surface area contributed by atoms with Crippen molar-refractivity contribution in [3.8, 4) is 0 Å². The molecule has 0 spiro atoms. The van der Waals surface area contributed by atoms with Gasteiger partial charge in [-0.1, -0.05) is 18.6 Å². The Morgan fingerprint density at radius 2 is 2.37 bits per heavy atom. The zero-order valence-electron chi connectivity index (χ0n) is 12.5. The number of aliphatic hydroxyl groups is 1. The van der Waals surface area contributed by atoms with Gasteiger partial charge in [0.15, 0.2) is 0 Å². The Morgan fingerprint density at radius 1 is 1.53 bits per heavy atom. The van der Waals surface area contributed by atoms with Gasteiger partial charge in [-0.25, -0.2) is 0 Å². The van der Waals surface area contributed by atoms with Crippen LogP contribution in [0.25, 0.3) is 0 Å². The third-order valence-corrected chi connectivity index (χ3v) is 5.05. The molecule has 1 heterocycles. The minimum atomic E-state index is 0.171. The molecule has 19 heavy (non-hydrogen) atoms. The minimum absolute atomic E-state index is 0.171. The fourth-order valence-electron chi connectivity index (χ4n) is 3.54. The lowest BCUT2D eigenvalue weighted by molar-refractivity contribution is 0.123. The molecule has 1 fully saturated rings. The molecule has 0 amide bonds. The summed E-state index contributed by atoms with van der Waals surface area (Å²) in [6, 6.07) is 0. The van der Waals surface area contributed by atoms with Crippen molar-refractivity contribution in [3.05, 3.63) is 11.6 Å². The summed E-state index contributed by atoms with van der Waals surface area (Å²) < 4.78 is 5.54. The van der Waals surface area contributed by atoms with Crippen molar-refractivity contribution >= 4 is 0 Å². The zero-order chi connectivity index (χ0) is 13.7. The second-order valence-corrected chi connectivity index (χ2v) is 6.52. The lowest BCUT2D eigenvalue weighted by Crippen LogP contribution is -2.39. The van der Waals surface area contributed by atoms with E-state index in [2.05, 4.69) is 25.2 Å².